The molecule has 0 saturated carbocycles. The highest BCUT2D eigenvalue weighted by Gasteiger charge is 2.36. The van der Waals surface area contributed by atoms with Crippen molar-refractivity contribution in [2.24, 2.45) is 5.41 Å². The highest BCUT2D eigenvalue weighted by molar-refractivity contribution is 5.41. The van der Waals surface area contributed by atoms with E-state index in [4.69, 9.17) is 4.74 Å². The number of hydrogen-bond acceptors (Lipinski definition) is 3. The molecule has 0 spiro atoms. The highest BCUT2D eigenvalue weighted by atomic mass is 16.5. The van der Waals surface area contributed by atoms with Crippen LogP contribution in [0, 0.1) is 19.3 Å². The minimum absolute atomic E-state index is 0.415. The molecule has 1 aromatic heterocycles. The summed E-state index contributed by atoms with van der Waals surface area (Å²) in [6, 6.07) is 0. The summed E-state index contributed by atoms with van der Waals surface area (Å²) in [7, 11) is 1.74. The van der Waals surface area contributed by atoms with Crippen LogP contribution in [0.15, 0.2) is 6.20 Å². The smallest absolute Gasteiger partial charge is 0.128 e. The van der Waals surface area contributed by atoms with Crippen molar-refractivity contribution < 1.29 is 4.74 Å². The summed E-state index contributed by atoms with van der Waals surface area (Å²) in [5.41, 5.74) is 3.92. The van der Waals surface area contributed by atoms with E-state index in [1.54, 1.807) is 7.11 Å². The van der Waals surface area contributed by atoms with Gasteiger partial charge >= 0.3 is 0 Å². The first-order valence-electron chi connectivity index (χ1n) is 6.31. The van der Waals surface area contributed by atoms with Crippen LogP contribution in [0.4, 0.5) is 0 Å². The first kappa shape index (κ1) is 12.4. The van der Waals surface area contributed by atoms with E-state index in [1.807, 2.05) is 13.1 Å². The molecule has 17 heavy (non-hydrogen) atoms. The Bertz CT molecular complexity index is 405. The van der Waals surface area contributed by atoms with E-state index in [2.05, 4.69) is 24.1 Å². The van der Waals surface area contributed by atoms with Crippen LogP contribution in [0.2, 0.25) is 0 Å². The van der Waals surface area contributed by atoms with Crippen molar-refractivity contribution in [3.05, 3.63) is 23.0 Å². The normalized spacial score (nSPS) is 17.6. The first-order valence-corrected chi connectivity index (χ1v) is 6.31. The Morgan fingerprint density at radius 1 is 1.41 bits per heavy atom. The second-order valence-electron chi connectivity index (χ2n) is 5.18. The van der Waals surface area contributed by atoms with Crippen LogP contribution in [0.25, 0.3) is 0 Å². The van der Waals surface area contributed by atoms with Gasteiger partial charge in [0.15, 0.2) is 0 Å². The topological polar surface area (TPSA) is 34.1 Å². The molecular formula is C14H22N2O. The Kier molecular flexibility index (Phi) is 3.38. The van der Waals surface area contributed by atoms with Gasteiger partial charge < -0.3 is 10.1 Å². The van der Waals surface area contributed by atoms with E-state index in [9.17, 15) is 0 Å². The number of pyridine rings is 1. The van der Waals surface area contributed by atoms with E-state index in [0.717, 1.165) is 30.8 Å². The largest absolute Gasteiger partial charge is 0.496 e. The molecule has 0 aromatic carbocycles. The minimum atomic E-state index is 0.415. The molecule has 3 nitrogen and oxygen atoms in total. The predicted molar refractivity (Wildman–Crippen MR) is 69.6 cm³/mol. The van der Waals surface area contributed by atoms with Crippen LogP contribution in [-0.2, 0) is 6.42 Å². The van der Waals surface area contributed by atoms with Crippen molar-refractivity contribution in [1.29, 1.82) is 0 Å². The van der Waals surface area contributed by atoms with Gasteiger partial charge in [0.1, 0.15) is 5.75 Å². The number of aromatic nitrogens is 1. The molecule has 2 heterocycles. The Hall–Kier alpha value is -1.09. The molecule has 0 amide bonds. The molecule has 1 saturated heterocycles. The van der Waals surface area contributed by atoms with Crippen molar-refractivity contribution in [2.45, 2.75) is 33.6 Å². The van der Waals surface area contributed by atoms with E-state index in [-0.39, 0.29) is 0 Å². The quantitative estimate of drug-likeness (QED) is 0.867. The number of aryl methyl sites for hydroxylation is 1. The van der Waals surface area contributed by atoms with Crippen molar-refractivity contribution in [3.63, 3.8) is 0 Å². The van der Waals surface area contributed by atoms with Crippen molar-refractivity contribution in [1.82, 2.24) is 10.3 Å². The van der Waals surface area contributed by atoms with E-state index in [1.165, 1.54) is 17.7 Å². The first-order chi connectivity index (χ1) is 8.12. The summed E-state index contributed by atoms with van der Waals surface area (Å²) < 4.78 is 5.46. The predicted octanol–water partition coefficient (Wildman–Crippen LogP) is 2.25. The molecule has 2 rings (SSSR count). The lowest BCUT2D eigenvalue weighted by Crippen LogP contribution is -2.54. The van der Waals surface area contributed by atoms with Crippen LogP contribution < -0.4 is 10.1 Å². The monoisotopic (exact) mass is 234 g/mol. The maximum absolute atomic E-state index is 5.46. The zero-order valence-electron chi connectivity index (χ0n) is 11.3. The number of methoxy groups -OCH3 is 1. The van der Waals surface area contributed by atoms with Gasteiger partial charge in [-0.15, -0.1) is 0 Å². The summed E-state index contributed by atoms with van der Waals surface area (Å²) in [6.45, 7) is 8.65. The summed E-state index contributed by atoms with van der Waals surface area (Å²) >= 11 is 0. The summed E-state index contributed by atoms with van der Waals surface area (Å²) in [4.78, 5) is 4.59. The van der Waals surface area contributed by atoms with Gasteiger partial charge in [0.25, 0.3) is 0 Å². The lowest BCUT2D eigenvalue weighted by Gasteiger charge is -2.42. The van der Waals surface area contributed by atoms with E-state index < -0.39 is 0 Å². The molecule has 0 unspecified atom stereocenters. The minimum Gasteiger partial charge on any atom is -0.496 e. The molecule has 1 aliphatic heterocycles. The molecule has 3 heteroatoms. The third-order valence-corrected chi connectivity index (χ3v) is 4.04. The summed E-state index contributed by atoms with van der Waals surface area (Å²) in [6.07, 6.45) is 4.19. The van der Waals surface area contributed by atoms with Gasteiger partial charge in [0.2, 0.25) is 0 Å². The number of ether oxygens (including phenoxy) is 1. The zero-order valence-corrected chi connectivity index (χ0v) is 11.3. The molecule has 0 aliphatic carbocycles. The molecule has 1 aromatic rings. The van der Waals surface area contributed by atoms with Gasteiger partial charge in [-0.3, -0.25) is 4.98 Å². The van der Waals surface area contributed by atoms with Crippen molar-refractivity contribution in [3.8, 4) is 5.75 Å². The fourth-order valence-electron chi connectivity index (χ4n) is 2.58. The van der Waals surface area contributed by atoms with Crippen molar-refractivity contribution in [2.75, 3.05) is 20.2 Å². The summed E-state index contributed by atoms with van der Waals surface area (Å²) in [5.74, 6) is 0.994. The van der Waals surface area contributed by atoms with Crippen LogP contribution in [0.5, 0.6) is 5.75 Å². The fraction of sp³-hybridized carbons (Fsp3) is 0.643. The van der Waals surface area contributed by atoms with Gasteiger partial charge in [0.05, 0.1) is 7.11 Å². The van der Waals surface area contributed by atoms with Crippen LogP contribution in [0.1, 0.15) is 30.2 Å². The molecule has 1 fully saturated rings. The van der Waals surface area contributed by atoms with E-state index >= 15 is 0 Å². The second kappa shape index (κ2) is 4.65. The number of nitrogens with one attached hydrogen (secondary N) is 1. The fourth-order valence-corrected chi connectivity index (χ4v) is 2.58. The molecule has 0 atom stereocenters. The highest BCUT2D eigenvalue weighted by Crippen LogP contribution is 2.34. The SMILES string of the molecule is CCC1(Cc2ncc(C)c(OC)c2C)CNC1. The Morgan fingerprint density at radius 2 is 2.12 bits per heavy atom. The maximum atomic E-state index is 5.46. The van der Waals surface area contributed by atoms with Crippen LogP contribution in [-0.4, -0.2) is 25.2 Å². The van der Waals surface area contributed by atoms with Gasteiger partial charge in [-0.1, -0.05) is 6.92 Å². The zero-order chi connectivity index (χ0) is 12.5. The number of hydrogen-bond donors (Lipinski definition) is 1. The van der Waals surface area contributed by atoms with Gasteiger partial charge in [-0.25, -0.2) is 0 Å². The molecule has 94 valence electrons. The lowest BCUT2D eigenvalue weighted by molar-refractivity contribution is 0.158. The summed E-state index contributed by atoms with van der Waals surface area (Å²) in [5, 5.41) is 3.37. The van der Waals surface area contributed by atoms with Gasteiger partial charge in [0, 0.05) is 41.5 Å². The standard InChI is InChI=1S/C14H22N2O/c1-5-14(8-15-9-14)6-12-11(3)13(17-4)10(2)7-16-12/h7,15H,5-6,8-9H2,1-4H3. The Labute approximate surface area is 104 Å². The lowest BCUT2D eigenvalue weighted by atomic mass is 9.75. The second-order valence-corrected chi connectivity index (χ2v) is 5.18. The molecule has 0 bridgehead atoms. The van der Waals surface area contributed by atoms with Crippen molar-refractivity contribution >= 4 is 0 Å². The number of nitrogens with zero attached hydrogens (tertiary/aromatic N) is 1. The molecule has 1 N–H and O–H groups in total. The third kappa shape index (κ3) is 2.16. The van der Waals surface area contributed by atoms with Crippen LogP contribution in [0.3, 0.4) is 0 Å². The maximum Gasteiger partial charge on any atom is 0.128 e. The average Bonchev–Trinajstić information content (AvgIpc) is 2.27. The van der Waals surface area contributed by atoms with Gasteiger partial charge in [-0.2, -0.15) is 0 Å². The number of rotatable bonds is 4. The van der Waals surface area contributed by atoms with E-state index in [0.29, 0.717) is 5.41 Å². The van der Waals surface area contributed by atoms with Gasteiger partial charge in [-0.05, 0) is 26.7 Å². The van der Waals surface area contributed by atoms with Crippen LogP contribution >= 0.6 is 0 Å². The molecular weight excluding hydrogens is 212 g/mol. The third-order valence-electron chi connectivity index (χ3n) is 4.04. The molecule has 0 radical (unpaired) electrons. The Morgan fingerprint density at radius 3 is 2.59 bits per heavy atom. The molecule has 1 aliphatic rings. The average molecular weight is 234 g/mol. The Balaban J connectivity index is 2.27.